The van der Waals surface area contributed by atoms with Crippen molar-refractivity contribution in [2.24, 2.45) is 0 Å². The Kier molecular flexibility index (Phi) is 4.17. The Morgan fingerprint density at radius 1 is 1.00 bits per heavy atom. The SMILES string of the molecule is c1ccc(CSc2nnc(C3COc4ccccc4O3)s2)cc1. The zero-order valence-electron chi connectivity index (χ0n) is 12.2. The van der Waals surface area contributed by atoms with Crippen molar-refractivity contribution in [3.63, 3.8) is 0 Å². The average molecular weight is 342 g/mol. The van der Waals surface area contributed by atoms with E-state index in [-0.39, 0.29) is 6.10 Å². The summed E-state index contributed by atoms with van der Waals surface area (Å²) in [4.78, 5) is 0. The normalized spacial score (nSPS) is 16.3. The second kappa shape index (κ2) is 6.60. The number of thioether (sulfide) groups is 1. The molecule has 0 saturated carbocycles. The molecule has 1 aliphatic heterocycles. The summed E-state index contributed by atoms with van der Waals surface area (Å²) in [7, 11) is 0. The number of para-hydroxylation sites is 2. The van der Waals surface area contributed by atoms with Crippen LogP contribution >= 0.6 is 23.1 Å². The summed E-state index contributed by atoms with van der Waals surface area (Å²) in [6.45, 7) is 0.467. The van der Waals surface area contributed by atoms with E-state index in [9.17, 15) is 0 Å². The Labute approximate surface area is 142 Å². The lowest BCUT2D eigenvalue weighted by Gasteiger charge is -2.24. The topological polar surface area (TPSA) is 44.2 Å². The molecule has 4 nitrogen and oxygen atoms in total. The molecule has 116 valence electrons. The predicted molar refractivity (Wildman–Crippen MR) is 91.2 cm³/mol. The average Bonchev–Trinajstić information content (AvgIpc) is 3.09. The fraction of sp³-hybridized carbons (Fsp3) is 0.176. The van der Waals surface area contributed by atoms with E-state index in [2.05, 4.69) is 22.3 Å². The van der Waals surface area contributed by atoms with Crippen LogP contribution in [0.4, 0.5) is 0 Å². The third-order valence-corrected chi connectivity index (χ3v) is 5.63. The van der Waals surface area contributed by atoms with E-state index in [1.54, 1.807) is 23.1 Å². The number of ether oxygens (including phenoxy) is 2. The third-order valence-electron chi connectivity index (χ3n) is 3.41. The molecule has 0 aliphatic carbocycles. The second-order valence-corrected chi connectivity index (χ2v) is 7.28. The Hall–Kier alpha value is -2.05. The Balaban J connectivity index is 1.42. The number of benzene rings is 2. The molecule has 2 aromatic carbocycles. The van der Waals surface area contributed by atoms with Gasteiger partial charge in [-0.1, -0.05) is 65.6 Å². The maximum absolute atomic E-state index is 5.97. The molecule has 0 spiro atoms. The van der Waals surface area contributed by atoms with Gasteiger partial charge in [-0.25, -0.2) is 0 Å². The Morgan fingerprint density at radius 2 is 1.78 bits per heavy atom. The van der Waals surface area contributed by atoms with Crippen molar-refractivity contribution in [1.29, 1.82) is 0 Å². The van der Waals surface area contributed by atoms with Crippen molar-refractivity contribution < 1.29 is 9.47 Å². The second-order valence-electron chi connectivity index (χ2n) is 5.04. The highest BCUT2D eigenvalue weighted by atomic mass is 32.2. The third kappa shape index (κ3) is 3.33. The molecule has 0 N–H and O–H groups in total. The van der Waals surface area contributed by atoms with Crippen molar-refractivity contribution in [3.8, 4) is 11.5 Å². The number of nitrogens with zero attached hydrogens (tertiary/aromatic N) is 2. The number of hydrogen-bond acceptors (Lipinski definition) is 6. The zero-order chi connectivity index (χ0) is 15.5. The quantitative estimate of drug-likeness (QED) is 0.660. The van der Waals surface area contributed by atoms with Gasteiger partial charge in [0.25, 0.3) is 0 Å². The summed E-state index contributed by atoms with van der Waals surface area (Å²) in [6, 6.07) is 18.0. The van der Waals surface area contributed by atoms with E-state index in [4.69, 9.17) is 9.47 Å². The predicted octanol–water partition coefficient (Wildman–Crippen LogP) is 4.34. The van der Waals surface area contributed by atoms with Crippen molar-refractivity contribution in [1.82, 2.24) is 10.2 Å². The Morgan fingerprint density at radius 3 is 2.65 bits per heavy atom. The molecule has 0 saturated heterocycles. The van der Waals surface area contributed by atoms with Crippen LogP contribution in [0.25, 0.3) is 0 Å². The van der Waals surface area contributed by atoms with Crippen LogP contribution < -0.4 is 9.47 Å². The highest BCUT2D eigenvalue weighted by Gasteiger charge is 2.25. The maximum atomic E-state index is 5.97. The van der Waals surface area contributed by atoms with Gasteiger partial charge in [-0.3, -0.25) is 0 Å². The smallest absolute Gasteiger partial charge is 0.186 e. The maximum Gasteiger partial charge on any atom is 0.186 e. The van der Waals surface area contributed by atoms with E-state index in [0.29, 0.717) is 6.61 Å². The van der Waals surface area contributed by atoms with Crippen molar-refractivity contribution in [2.75, 3.05) is 6.61 Å². The minimum atomic E-state index is -0.187. The summed E-state index contributed by atoms with van der Waals surface area (Å²) in [5.41, 5.74) is 1.28. The molecule has 0 radical (unpaired) electrons. The van der Waals surface area contributed by atoms with Crippen LogP contribution in [0, 0.1) is 0 Å². The summed E-state index contributed by atoms with van der Waals surface area (Å²) in [5.74, 6) is 2.43. The van der Waals surface area contributed by atoms with Gasteiger partial charge >= 0.3 is 0 Å². The van der Waals surface area contributed by atoms with Crippen molar-refractivity contribution >= 4 is 23.1 Å². The van der Waals surface area contributed by atoms with E-state index in [0.717, 1.165) is 26.6 Å². The number of rotatable bonds is 4. The molecule has 1 atom stereocenters. The van der Waals surface area contributed by atoms with Crippen LogP contribution in [-0.4, -0.2) is 16.8 Å². The van der Waals surface area contributed by atoms with E-state index in [1.807, 2.05) is 42.5 Å². The highest BCUT2D eigenvalue weighted by molar-refractivity contribution is 8.00. The van der Waals surface area contributed by atoms with Gasteiger partial charge in [0.15, 0.2) is 27.0 Å². The van der Waals surface area contributed by atoms with Crippen LogP contribution in [0.5, 0.6) is 11.5 Å². The van der Waals surface area contributed by atoms with E-state index < -0.39 is 0 Å². The zero-order valence-corrected chi connectivity index (χ0v) is 13.8. The minimum absolute atomic E-state index is 0.187. The first-order valence-corrected chi connectivity index (χ1v) is 9.07. The lowest BCUT2D eigenvalue weighted by atomic mass is 10.2. The Bertz CT molecular complexity index is 792. The molecule has 3 aromatic rings. The molecule has 23 heavy (non-hydrogen) atoms. The van der Waals surface area contributed by atoms with Crippen LogP contribution in [0.1, 0.15) is 16.7 Å². The molecule has 1 unspecified atom stereocenters. The molecule has 1 aliphatic rings. The monoisotopic (exact) mass is 342 g/mol. The molecule has 0 fully saturated rings. The molecule has 0 bridgehead atoms. The molecule has 4 rings (SSSR count). The minimum Gasteiger partial charge on any atom is -0.485 e. The summed E-state index contributed by atoms with van der Waals surface area (Å²) in [5, 5.41) is 9.38. The fourth-order valence-corrected chi connectivity index (χ4v) is 4.11. The molecule has 6 heteroatoms. The number of aromatic nitrogens is 2. The van der Waals surface area contributed by atoms with Crippen molar-refractivity contribution in [3.05, 3.63) is 65.2 Å². The lowest BCUT2D eigenvalue weighted by molar-refractivity contribution is 0.0906. The first-order valence-electron chi connectivity index (χ1n) is 7.27. The standard InChI is InChI=1S/C17H14N2O2S2/c1-2-6-12(7-3-1)11-22-17-19-18-16(23-17)15-10-20-13-8-4-5-9-14(13)21-15/h1-9,15H,10-11H2. The van der Waals surface area contributed by atoms with Gasteiger partial charge in [0.05, 0.1) is 0 Å². The van der Waals surface area contributed by atoms with Gasteiger partial charge in [0, 0.05) is 5.75 Å². The van der Waals surface area contributed by atoms with Gasteiger partial charge in [0.1, 0.15) is 6.61 Å². The lowest BCUT2D eigenvalue weighted by Crippen LogP contribution is -2.21. The van der Waals surface area contributed by atoms with Crippen LogP contribution in [-0.2, 0) is 5.75 Å². The van der Waals surface area contributed by atoms with Crippen LogP contribution in [0.15, 0.2) is 58.9 Å². The molecule has 2 heterocycles. The largest absolute Gasteiger partial charge is 0.485 e. The van der Waals surface area contributed by atoms with Crippen molar-refractivity contribution in [2.45, 2.75) is 16.2 Å². The van der Waals surface area contributed by atoms with Gasteiger partial charge in [0.2, 0.25) is 0 Å². The molecular formula is C17H14N2O2S2. The summed E-state index contributed by atoms with van der Waals surface area (Å²) in [6.07, 6.45) is -0.187. The van der Waals surface area contributed by atoms with Gasteiger partial charge in [-0.2, -0.15) is 0 Å². The van der Waals surface area contributed by atoms with Gasteiger partial charge < -0.3 is 9.47 Å². The molecular weight excluding hydrogens is 328 g/mol. The van der Waals surface area contributed by atoms with E-state index >= 15 is 0 Å². The fourth-order valence-electron chi connectivity index (χ4n) is 2.27. The van der Waals surface area contributed by atoms with Crippen LogP contribution in [0.3, 0.4) is 0 Å². The van der Waals surface area contributed by atoms with E-state index in [1.165, 1.54) is 5.56 Å². The van der Waals surface area contributed by atoms with Gasteiger partial charge in [-0.05, 0) is 17.7 Å². The first-order chi connectivity index (χ1) is 11.4. The molecule has 1 aromatic heterocycles. The first kappa shape index (κ1) is 14.5. The number of hydrogen-bond donors (Lipinski definition) is 0. The van der Waals surface area contributed by atoms with Crippen LogP contribution in [0.2, 0.25) is 0 Å². The number of fused-ring (bicyclic) bond motifs is 1. The highest BCUT2D eigenvalue weighted by Crippen LogP contribution is 2.37. The summed E-state index contributed by atoms with van der Waals surface area (Å²) >= 11 is 3.26. The molecule has 0 amide bonds. The summed E-state index contributed by atoms with van der Waals surface area (Å²) < 4.78 is 12.7. The van der Waals surface area contributed by atoms with Gasteiger partial charge in [-0.15, -0.1) is 10.2 Å².